The quantitative estimate of drug-likeness (QED) is 0.852. The van der Waals surface area contributed by atoms with E-state index in [4.69, 9.17) is 16.3 Å². The average molecular weight is 360 g/mol. The summed E-state index contributed by atoms with van der Waals surface area (Å²) in [7, 11) is 0. The van der Waals surface area contributed by atoms with Gasteiger partial charge in [0.15, 0.2) is 0 Å². The minimum Gasteiger partial charge on any atom is -0.489 e. The number of hydrogen-bond acceptors (Lipinski definition) is 4. The first-order valence-corrected chi connectivity index (χ1v) is 8.29. The summed E-state index contributed by atoms with van der Waals surface area (Å²) in [6.07, 6.45) is 5.90. The van der Waals surface area contributed by atoms with Crippen molar-refractivity contribution in [3.63, 3.8) is 0 Å². The molecular formula is C18H15ClFN3O2. The van der Waals surface area contributed by atoms with Crippen LogP contribution in [0.15, 0.2) is 36.8 Å². The van der Waals surface area contributed by atoms with E-state index >= 15 is 0 Å². The summed E-state index contributed by atoms with van der Waals surface area (Å²) >= 11 is 6.66. The number of aromatic nitrogens is 2. The van der Waals surface area contributed by atoms with Gasteiger partial charge >= 0.3 is 0 Å². The van der Waals surface area contributed by atoms with Crippen LogP contribution < -0.4 is 4.74 Å². The van der Waals surface area contributed by atoms with E-state index in [1.807, 2.05) is 6.07 Å². The van der Waals surface area contributed by atoms with Crippen molar-refractivity contribution in [1.82, 2.24) is 9.55 Å². The van der Waals surface area contributed by atoms with Crippen LogP contribution in [-0.4, -0.2) is 31.7 Å². The van der Waals surface area contributed by atoms with Gasteiger partial charge in [-0.1, -0.05) is 0 Å². The fourth-order valence-electron chi connectivity index (χ4n) is 3.33. The van der Waals surface area contributed by atoms with Crippen molar-refractivity contribution in [2.75, 3.05) is 6.61 Å². The van der Waals surface area contributed by atoms with Gasteiger partial charge < -0.3 is 14.4 Å². The Kier molecular flexibility index (Phi) is 3.60. The number of ether oxygens (including phenoxy) is 1. The fourth-order valence-corrected chi connectivity index (χ4v) is 3.59. The van der Waals surface area contributed by atoms with Crippen LogP contribution in [0.4, 0.5) is 4.39 Å². The Balaban J connectivity index is 1.83. The third-order valence-corrected chi connectivity index (χ3v) is 5.55. The lowest BCUT2D eigenvalue weighted by atomic mass is 9.81. The van der Waals surface area contributed by atoms with Gasteiger partial charge in [-0.3, -0.25) is 0 Å². The molecular weight excluding hydrogens is 345 g/mol. The van der Waals surface area contributed by atoms with E-state index in [-0.39, 0.29) is 13.2 Å². The Morgan fingerprint density at radius 3 is 3.00 bits per heavy atom. The van der Waals surface area contributed by atoms with Crippen LogP contribution in [0.1, 0.15) is 24.1 Å². The van der Waals surface area contributed by atoms with Gasteiger partial charge in [0, 0.05) is 5.56 Å². The maximum absolute atomic E-state index is 13.8. The second kappa shape index (κ2) is 5.58. The smallest absolute Gasteiger partial charge is 0.140 e. The maximum atomic E-state index is 13.8. The molecule has 0 radical (unpaired) electrons. The zero-order valence-corrected chi connectivity index (χ0v) is 14.0. The van der Waals surface area contributed by atoms with Gasteiger partial charge in [0.1, 0.15) is 35.5 Å². The number of nitrogens with zero attached hydrogens (tertiary/aromatic N) is 3. The average Bonchev–Trinajstić information content (AvgIpc) is 3.21. The molecule has 1 aromatic carbocycles. The molecule has 1 aromatic heterocycles. The first-order valence-electron chi connectivity index (χ1n) is 7.92. The topological polar surface area (TPSA) is 71.1 Å². The summed E-state index contributed by atoms with van der Waals surface area (Å²) in [5.41, 5.74) is -0.142. The molecule has 5 nitrogen and oxygen atoms in total. The number of nitriles is 1. The van der Waals surface area contributed by atoms with Crippen molar-refractivity contribution >= 4 is 17.2 Å². The van der Waals surface area contributed by atoms with Gasteiger partial charge in [-0.05, 0) is 42.7 Å². The molecule has 0 saturated heterocycles. The van der Waals surface area contributed by atoms with Gasteiger partial charge in [-0.15, -0.1) is 11.6 Å². The predicted molar refractivity (Wildman–Crippen MR) is 89.6 cm³/mol. The third-order valence-electron chi connectivity index (χ3n) is 4.86. The van der Waals surface area contributed by atoms with E-state index in [2.05, 4.69) is 4.98 Å². The summed E-state index contributed by atoms with van der Waals surface area (Å²) in [6, 6.07) is 6.25. The summed E-state index contributed by atoms with van der Waals surface area (Å²) in [5.74, 6) is 0.0849. The van der Waals surface area contributed by atoms with Crippen molar-refractivity contribution in [2.24, 2.45) is 0 Å². The molecule has 4 rings (SSSR count). The Hall–Kier alpha value is -2.36. The number of hydrogen-bond donors (Lipinski definition) is 1. The van der Waals surface area contributed by atoms with Crippen LogP contribution in [0.3, 0.4) is 0 Å². The number of aliphatic hydroxyl groups is 1. The van der Waals surface area contributed by atoms with Gasteiger partial charge in [-0.2, -0.15) is 5.26 Å². The molecule has 0 bridgehead atoms. The molecule has 25 heavy (non-hydrogen) atoms. The van der Waals surface area contributed by atoms with Crippen LogP contribution in [0.25, 0.3) is 5.57 Å². The molecule has 1 unspecified atom stereocenters. The Morgan fingerprint density at radius 1 is 1.48 bits per heavy atom. The van der Waals surface area contributed by atoms with E-state index in [9.17, 15) is 14.8 Å². The van der Waals surface area contributed by atoms with Gasteiger partial charge in [0.25, 0.3) is 0 Å². The number of alkyl halides is 1. The monoisotopic (exact) mass is 359 g/mol. The van der Waals surface area contributed by atoms with Crippen molar-refractivity contribution in [2.45, 2.75) is 29.9 Å². The molecule has 0 spiro atoms. The maximum Gasteiger partial charge on any atom is 0.140 e. The molecule has 2 heterocycles. The Morgan fingerprint density at radius 2 is 2.28 bits per heavy atom. The normalized spacial score (nSPS) is 19.8. The van der Waals surface area contributed by atoms with E-state index < -0.39 is 16.3 Å². The summed E-state index contributed by atoms with van der Waals surface area (Å²) in [6.45, 7) is 0.319. The lowest BCUT2D eigenvalue weighted by molar-refractivity contribution is 0.0682. The molecule has 1 N–H and O–H groups in total. The minimum absolute atomic E-state index is 0.0567. The molecule has 1 fully saturated rings. The zero-order chi connectivity index (χ0) is 17.7. The molecule has 128 valence electrons. The highest BCUT2D eigenvalue weighted by molar-refractivity contribution is 6.27. The standard InChI is InChI=1S/C18H15ClFN3O2/c19-17(4-5-17)18(24,10-23-11-22-9-13(23)8-21)15-3-6-25-16-2-1-12(20)7-14(15)16/h1-3,7,9,11,24H,4-6,10H2. The number of fused-ring (bicyclic) bond motifs is 1. The first-order chi connectivity index (χ1) is 12.0. The van der Waals surface area contributed by atoms with Crippen LogP contribution in [0.2, 0.25) is 0 Å². The molecule has 2 aliphatic rings. The molecule has 1 aliphatic carbocycles. The number of halogens is 2. The highest BCUT2D eigenvalue weighted by atomic mass is 35.5. The van der Waals surface area contributed by atoms with Crippen molar-refractivity contribution in [3.05, 3.63) is 53.9 Å². The molecule has 0 amide bonds. The lowest BCUT2D eigenvalue weighted by Crippen LogP contribution is -2.47. The molecule has 1 atom stereocenters. The Labute approximate surface area is 148 Å². The number of rotatable bonds is 4. The van der Waals surface area contributed by atoms with Gasteiger partial charge in [-0.25, -0.2) is 9.37 Å². The molecule has 1 saturated carbocycles. The zero-order valence-electron chi connectivity index (χ0n) is 13.2. The van der Waals surface area contributed by atoms with Crippen LogP contribution in [0.5, 0.6) is 5.75 Å². The summed E-state index contributed by atoms with van der Waals surface area (Å²) in [5, 5.41) is 20.8. The molecule has 2 aromatic rings. The largest absolute Gasteiger partial charge is 0.489 e. The fraction of sp³-hybridized carbons (Fsp3) is 0.333. The van der Waals surface area contributed by atoms with E-state index in [0.29, 0.717) is 35.4 Å². The highest BCUT2D eigenvalue weighted by Crippen LogP contribution is 2.57. The molecule has 7 heteroatoms. The SMILES string of the molecule is N#Cc1cncn1CC(O)(C1=CCOc2ccc(F)cc21)C1(Cl)CC1. The van der Waals surface area contributed by atoms with E-state index in [0.717, 1.165) is 0 Å². The van der Waals surface area contributed by atoms with Crippen LogP contribution in [-0.2, 0) is 6.54 Å². The lowest BCUT2D eigenvalue weighted by Gasteiger charge is -2.38. The molecule has 1 aliphatic heterocycles. The first kappa shape index (κ1) is 16.1. The minimum atomic E-state index is -1.48. The van der Waals surface area contributed by atoms with Crippen molar-refractivity contribution in [3.8, 4) is 11.8 Å². The Bertz CT molecular complexity index is 913. The van der Waals surface area contributed by atoms with E-state index in [1.54, 1.807) is 16.7 Å². The van der Waals surface area contributed by atoms with Gasteiger partial charge in [0.05, 0.1) is 23.9 Å². The van der Waals surface area contributed by atoms with Gasteiger partial charge in [0.2, 0.25) is 0 Å². The van der Waals surface area contributed by atoms with Crippen molar-refractivity contribution < 1.29 is 14.2 Å². The van der Waals surface area contributed by atoms with E-state index in [1.165, 1.54) is 24.7 Å². The summed E-state index contributed by atoms with van der Waals surface area (Å²) in [4.78, 5) is 3.10. The predicted octanol–water partition coefficient (Wildman–Crippen LogP) is 2.87. The number of benzene rings is 1. The van der Waals surface area contributed by atoms with Crippen LogP contribution in [0, 0.1) is 17.1 Å². The summed E-state index contributed by atoms with van der Waals surface area (Å²) < 4.78 is 20.9. The second-order valence-electron chi connectivity index (χ2n) is 6.41. The third kappa shape index (κ3) is 2.51. The second-order valence-corrected chi connectivity index (χ2v) is 7.14. The van der Waals surface area contributed by atoms with Crippen molar-refractivity contribution in [1.29, 1.82) is 5.26 Å². The van der Waals surface area contributed by atoms with Crippen LogP contribution >= 0.6 is 11.6 Å². The number of imidazole rings is 1. The highest BCUT2D eigenvalue weighted by Gasteiger charge is 2.60.